The zero-order valence-corrected chi connectivity index (χ0v) is 13.1. The van der Waals surface area contributed by atoms with Gasteiger partial charge >= 0.3 is 0 Å². The van der Waals surface area contributed by atoms with Crippen molar-refractivity contribution in [1.29, 1.82) is 5.26 Å². The predicted octanol–water partition coefficient (Wildman–Crippen LogP) is 4.17. The zero-order chi connectivity index (χ0) is 15.8. The van der Waals surface area contributed by atoms with Gasteiger partial charge in [-0.3, -0.25) is 4.79 Å². The summed E-state index contributed by atoms with van der Waals surface area (Å²) in [6, 6.07) is 11.6. The predicted molar refractivity (Wildman–Crippen MR) is 89.0 cm³/mol. The minimum absolute atomic E-state index is 0.0442. The number of allylic oxidation sites excluding steroid dienone is 2. The fraction of sp³-hybridized carbons (Fsp3) is 0.333. The molecule has 0 spiro atoms. The number of amides is 1. The highest BCUT2D eigenvalue weighted by Gasteiger charge is 2.18. The van der Waals surface area contributed by atoms with Crippen molar-refractivity contribution < 1.29 is 4.79 Å². The second kappa shape index (κ2) is 8.41. The molecule has 1 fully saturated rings. The minimum atomic E-state index is -0.339. The third-order valence-electron chi connectivity index (χ3n) is 3.69. The summed E-state index contributed by atoms with van der Waals surface area (Å²) in [4.78, 5) is 12.1. The summed E-state index contributed by atoms with van der Waals surface area (Å²) in [5.74, 6) is -0.339. The normalized spacial score (nSPS) is 16.9. The molecular weight excluding hydrogens is 296 g/mol. The van der Waals surface area contributed by atoms with Crippen LogP contribution >= 0.6 is 11.6 Å². The van der Waals surface area contributed by atoms with E-state index in [1.54, 1.807) is 6.08 Å². The number of halogens is 1. The highest BCUT2D eigenvalue weighted by atomic mass is 35.5. The van der Waals surface area contributed by atoms with Gasteiger partial charge in [0.15, 0.2) is 0 Å². The number of nitrogens with zero attached hydrogens (tertiary/aromatic N) is 1. The summed E-state index contributed by atoms with van der Waals surface area (Å²) in [7, 11) is 0. The maximum absolute atomic E-state index is 12.1. The summed E-state index contributed by atoms with van der Waals surface area (Å²) in [6.45, 7) is 0. The molecular formula is C18H19ClN2O. The maximum atomic E-state index is 12.1. The van der Waals surface area contributed by atoms with E-state index in [2.05, 4.69) is 5.32 Å². The van der Waals surface area contributed by atoms with E-state index in [1.807, 2.05) is 36.4 Å². The molecule has 1 aromatic rings. The third-order valence-corrected chi connectivity index (χ3v) is 3.91. The molecule has 3 nitrogen and oxygen atoms in total. The fourth-order valence-electron chi connectivity index (χ4n) is 2.55. The highest BCUT2D eigenvalue weighted by molar-refractivity contribution is 6.33. The molecule has 22 heavy (non-hydrogen) atoms. The van der Waals surface area contributed by atoms with E-state index in [0.29, 0.717) is 5.03 Å². The SMILES string of the molecule is N#C/C(=C/C(Cl)=C/c1ccccc1)C(=O)NC1CCCCC1. The molecule has 1 aliphatic carbocycles. The van der Waals surface area contributed by atoms with Crippen molar-refractivity contribution in [3.8, 4) is 6.07 Å². The molecule has 0 atom stereocenters. The number of hydrogen-bond acceptors (Lipinski definition) is 2. The summed E-state index contributed by atoms with van der Waals surface area (Å²) in [6.07, 6.45) is 8.60. The van der Waals surface area contributed by atoms with Crippen LogP contribution in [0.1, 0.15) is 37.7 Å². The largest absolute Gasteiger partial charge is 0.349 e. The van der Waals surface area contributed by atoms with Gasteiger partial charge in [0.2, 0.25) is 0 Å². The molecule has 1 aliphatic rings. The van der Waals surface area contributed by atoms with E-state index in [-0.39, 0.29) is 17.5 Å². The van der Waals surface area contributed by atoms with Gasteiger partial charge in [0.1, 0.15) is 11.6 Å². The van der Waals surface area contributed by atoms with Gasteiger partial charge in [-0.05, 0) is 30.6 Å². The lowest BCUT2D eigenvalue weighted by Gasteiger charge is -2.22. The molecule has 1 saturated carbocycles. The summed E-state index contributed by atoms with van der Waals surface area (Å²) in [5.41, 5.74) is 0.969. The molecule has 4 heteroatoms. The van der Waals surface area contributed by atoms with E-state index in [4.69, 9.17) is 11.6 Å². The molecule has 0 radical (unpaired) electrons. The summed E-state index contributed by atoms with van der Waals surface area (Å²) in [5, 5.41) is 12.5. The van der Waals surface area contributed by atoms with Crippen LogP contribution in [0.15, 0.2) is 47.0 Å². The van der Waals surface area contributed by atoms with Gasteiger partial charge in [-0.15, -0.1) is 0 Å². The Morgan fingerprint density at radius 3 is 2.55 bits per heavy atom. The monoisotopic (exact) mass is 314 g/mol. The van der Waals surface area contributed by atoms with Gasteiger partial charge in [-0.1, -0.05) is 61.2 Å². The smallest absolute Gasteiger partial charge is 0.262 e. The van der Waals surface area contributed by atoms with Crippen molar-refractivity contribution in [3.63, 3.8) is 0 Å². The van der Waals surface area contributed by atoms with E-state index in [1.165, 1.54) is 12.5 Å². The fourth-order valence-corrected chi connectivity index (χ4v) is 2.78. The molecule has 2 rings (SSSR count). The van der Waals surface area contributed by atoms with Gasteiger partial charge in [0.25, 0.3) is 5.91 Å². The van der Waals surface area contributed by atoms with Crippen molar-refractivity contribution in [2.45, 2.75) is 38.1 Å². The number of hydrogen-bond donors (Lipinski definition) is 1. The molecule has 0 bridgehead atoms. The average Bonchev–Trinajstić information content (AvgIpc) is 2.54. The zero-order valence-electron chi connectivity index (χ0n) is 12.4. The average molecular weight is 315 g/mol. The van der Waals surface area contributed by atoms with Gasteiger partial charge in [0.05, 0.1) is 0 Å². The Bertz CT molecular complexity index is 608. The number of nitrogens with one attached hydrogen (secondary N) is 1. The van der Waals surface area contributed by atoms with Gasteiger partial charge in [-0.25, -0.2) is 0 Å². The van der Waals surface area contributed by atoms with E-state index in [0.717, 1.165) is 31.2 Å². The van der Waals surface area contributed by atoms with Crippen molar-refractivity contribution in [3.05, 3.63) is 52.6 Å². The van der Waals surface area contributed by atoms with Crippen LogP contribution in [0.2, 0.25) is 0 Å². The Balaban J connectivity index is 2.04. The van der Waals surface area contributed by atoms with Crippen LogP contribution in [0.5, 0.6) is 0 Å². The molecule has 1 N–H and O–H groups in total. The molecule has 0 aromatic heterocycles. The lowest BCUT2D eigenvalue weighted by atomic mass is 9.95. The first-order valence-corrected chi connectivity index (χ1v) is 7.92. The summed E-state index contributed by atoms with van der Waals surface area (Å²) >= 11 is 6.13. The van der Waals surface area contributed by atoms with Gasteiger partial charge in [-0.2, -0.15) is 5.26 Å². The van der Waals surface area contributed by atoms with Crippen molar-refractivity contribution >= 4 is 23.6 Å². The van der Waals surface area contributed by atoms with Crippen molar-refractivity contribution in [2.75, 3.05) is 0 Å². The van der Waals surface area contributed by atoms with Crippen molar-refractivity contribution in [2.24, 2.45) is 0 Å². The van der Waals surface area contributed by atoms with Crippen LogP contribution < -0.4 is 5.32 Å². The standard InChI is InChI=1S/C18H19ClN2O/c19-16(11-14-7-3-1-4-8-14)12-15(13-20)18(22)21-17-9-5-2-6-10-17/h1,3-4,7-8,11-12,17H,2,5-6,9-10H2,(H,21,22)/b15-12-,16-11-. The Labute approximate surface area is 136 Å². The number of carbonyl (C=O) groups is 1. The summed E-state index contributed by atoms with van der Waals surface area (Å²) < 4.78 is 0. The van der Waals surface area contributed by atoms with Gasteiger partial charge in [0, 0.05) is 11.1 Å². The molecule has 0 aliphatic heterocycles. The number of benzene rings is 1. The third kappa shape index (κ3) is 5.05. The molecule has 0 unspecified atom stereocenters. The first kappa shape index (κ1) is 16.3. The van der Waals surface area contributed by atoms with E-state index >= 15 is 0 Å². The van der Waals surface area contributed by atoms with Crippen LogP contribution in [-0.4, -0.2) is 11.9 Å². The Hall–Kier alpha value is -2.05. The number of rotatable bonds is 4. The van der Waals surface area contributed by atoms with Crippen LogP contribution in [0.3, 0.4) is 0 Å². The molecule has 1 aromatic carbocycles. The van der Waals surface area contributed by atoms with Crippen LogP contribution in [0.4, 0.5) is 0 Å². The Morgan fingerprint density at radius 2 is 1.91 bits per heavy atom. The molecule has 0 heterocycles. The quantitative estimate of drug-likeness (QED) is 0.515. The van der Waals surface area contributed by atoms with Crippen LogP contribution in [-0.2, 0) is 4.79 Å². The van der Waals surface area contributed by atoms with Gasteiger partial charge < -0.3 is 5.32 Å². The number of carbonyl (C=O) groups excluding carboxylic acids is 1. The second-order valence-electron chi connectivity index (χ2n) is 5.42. The van der Waals surface area contributed by atoms with Crippen LogP contribution in [0.25, 0.3) is 6.08 Å². The van der Waals surface area contributed by atoms with Crippen LogP contribution in [0, 0.1) is 11.3 Å². The molecule has 0 saturated heterocycles. The first-order chi connectivity index (χ1) is 10.7. The lowest BCUT2D eigenvalue weighted by Crippen LogP contribution is -2.36. The second-order valence-corrected chi connectivity index (χ2v) is 5.85. The highest BCUT2D eigenvalue weighted by Crippen LogP contribution is 2.18. The molecule has 1 amide bonds. The van der Waals surface area contributed by atoms with E-state index in [9.17, 15) is 10.1 Å². The first-order valence-electron chi connectivity index (χ1n) is 7.54. The van der Waals surface area contributed by atoms with E-state index < -0.39 is 0 Å². The Morgan fingerprint density at radius 1 is 1.23 bits per heavy atom. The molecule has 114 valence electrons. The number of nitriles is 1. The lowest BCUT2D eigenvalue weighted by molar-refractivity contribution is -0.118. The topological polar surface area (TPSA) is 52.9 Å². The Kier molecular flexibility index (Phi) is 6.24. The minimum Gasteiger partial charge on any atom is -0.349 e. The van der Waals surface area contributed by atoms with Crippen molar-refractivity contribution in [1.82, 2.24) is 5.32 Å². The maximum Gasteiger partial charge on any atom is 0.262 e.